The SMILES string of the molecule is O=[N+]([O-])c1cc(Cl)c(S(=O)(=O)CCCl)c(Cl)c1. The van der Waals surface area contributed by atoms with E-state index in [2.05, 4.69) is 0 Å². The Labute approximate surface area is 112 Å². The predicted octanol–water partition coefficient (Wildman–Crippen LogP) is 2.91. The summed E-state index contributed by atoms with van der Waals surface area (Å²) < 4.78 is 23.5. The Balaban J connectivity index is 3.43. The summed E-state index contributed by atoms with van der Waals surface area (Å²) in [7, 11) is -3.73. The molecule has 0 atom stereocenters. The average molecular weight is 319 g/mol. The van der Waals surface area contributed by atoms with Gasteiger partial charge in [-0.2, -0.15) is 0 Å². The number of non-ortho nitro benzene ring substituents is 1. The minimum atomic E-state index is -3.73. The van der Waals surface area contributed by atoms with Gasteiger partial charge in [-0.3, -0.25) is 10.1 Å². The second-order valence-corrected chi connectivity index (χ2v) is 6.24. The number of alkyl halides is 1. The topological polar surface area (TPSA) is 77.3 Å². The molecule has 0 heterocycles. The highest BCUT2D eigenvalue weighted by molar-refractivity contribution is 7.91. The van der Waals surface area contributed by atoms with Crippen LogP contribution in [0.15, 0.2) is 17.0 Å². The summed E-state index contributed by atoms with van der Waals surface area (Å²) in [5.74, 6) is -0.461. The fourth-order valence-electron chi connectivity index (χ4n) is 1.15. The summed E-state index contributed by atoms with van der Waals surface area (Å²) in [5, 5.41) is 9.94. The van der Waals surface area contributed by atoms with Gasteiger partial charge in [-0.15, -0.1) is 11.6 Å². The molecule has 0 aliphatic carbocycles. The average Bonchev–Trinajstić information content (AvgIpc) is 2.15. The maximum absolute atomic E-state index is 11.7. The number of hydrogen-bond donors (Lipinski definition) is 0. The Hall–Kier alpha value is -0.560. The van der Waals surface area contributed by atoms with Crippen LogP contribution in [0.25, 0.3) is 0 Å². The van der Waals surface area contributed by atoms with Gasteiger partial charge in [0.05, 0.1) is 20.7 Å². The lowest BCUT2D eigenvalue weighted by Gasteiger charge is -2.07. The lowest BCUT2D eigenvalue weighted by Crippen LogP contribution is -2.09. The molecule has 9 heteroatoms. The van der Waals surface area contributed by atoms with Gasteiger partial charge in [0, 0.05) is 18.0 Å². The molecule has 1 rings (SSSR count). The Morgan fingerprint density at radius 3 is 2.06 bits per heavy atom. The maximum Gasteiger partial charge on any atom is 0.272 e. The van der Waals surface area contributed by atoms with Crippen molar-refractivity contribution < 1.29 is 13.3 Å². The van der Waals surface area contributed by atoms with Crippen molar-refractivity contribution in [2.75, 3.05) is 11.6 Å². The van der Waals surface area contributed by atoms with Crippen LogP contribution in [-0.2, 0) is 9.84 Å². The first kappa shape index (κ1) is 14.5. The van der Waals surface area contributed by atoms with E-state index >= 15 is 0 Å². The third-order valence-corrected chi connectivity index (χ3v) is 4.89. The van der Waals surface area contributed by atoms with E-state index in [-0.39, 0.29) is 32.3 Å². The molecule has 0 saturated carbocycles. The van der Waals surface area contributed by atoms with Gasteiger partial charge in [0.1, 0.15) is 4.90 Å². The van der Waals surface area contributed by atoms with Crippen LogP contribution in [0.5, 0.6) is 0 Å². The van der Waals surface area contributed by atoms with Crippen LogP contribution < -0.4 is 0 Å². The van der Waals surface area contributed by atoms with Gasteiger partial charge in [-0.1, -0.05) is 23.2 Å². The Kier molecular flexibility index (Phi) is 4.60. The molecule has 0 unspecified atom stereocenters. The van der Waals surface area contributed by atoms with Crippen LogP contribution in [0.4, 0.5) is 5.69 Å². The number of nitro benzene ring substituents is 1. The molecule has 0 spiro atoms. The molecule has 0 N–H and O–H groups in total. The monoisotopic (exact) mass is 317 g/mol. The number of halogens is 3. The molecule has 1 aromatic carbocycles. The molecule has 0 aliphatic rings. The van der Waals surface area contributed by atoms with Crippen molar-refractivity contribution in [1.29, 1.82) is 0 Å². The highest BCUT2D eigenvalue weighted by Crippen LogP contribution is 2.34. The van der Waals surface area contributed by atoms with Crippen LogP contribution in [0.2, 0.25) is 10.0 Å². The predicted molar refractivity (Wildman–Crippen MR) is 65.9 cm³/mol. The molecule has 0 bridgehead atoms. The first-order valence-electron chi connectivity index (χ1n) is 4.21. The van der Waals surface area contributed by atoms with Gasteiger partial charge in [0.2, 0.25) is 0 Å². The molecule has 0 amide bonds. The second kappa shape index (κ2) is 5.39. The van der Waals surface area contributed by atoms with Crippen molar-refractivity contribution >= 4 is 50.3 Å². The Morgan fingerprint density at radius 2 is 1.71 bits per heavy atom. The molecule has 0 fully saturated rings. The van der Waals surface area contributed by atoms with Gasteiger partial charge in [0.25, 0.3) is 5.69 Å². The standard InChI is InChI=1S/C8H6Cl3NO4S/c9-1-2-17(15,16)8-6(10)3-5(12(13)14)4-7(8)11/h3-4H,1-2H2. The van der Waals surface area contributed by atoms with Crippen molar-refractivity contribution in [3.63, 3.8) is 0 Å². The van der Waals surface area contributed by atoms with E-state index in [1.165, 1.54) is 0 Å². The molecule has 0 aromatic heterocycles. The second-order valence-electron chi connectivity index (χ2n) is 3.00. The van der Waals surface area contributed by atoms with Crippen LogP contribution in [0, 0.1) is 10.1 Å². The minimum absolute atomic E-state index is 0.119. The number of nitro groups is 1. The molecule has 17 heavy (non-hydrogen) atoms. The molecular formula is C8H6Cl3NO4S. The third-order valence-electron chi connectivity index (χ3n) is 1.85. The normalized spacial score (nSPS) is 11.5. The number of rotatable bonds is 4. The van der Waals surface area contributed by atoms with Crippen molar-refractivity contribution in [2.24, 2.45) is 0 Å². The molecule has 94 valence electrons. The van der Waals surface area contributed by atoms with Crippen molar-refractivity contribution in [3.8, 4) is 0 Å². The van der Waals surface area contributed by atoms with E-state index in [4.69, 9.17) is 34.8 Å². The summed E-state index contributed by atoms with van der Waals surface area (Å²) in [6, 6.07) is 1.88. The minimum Gasteiger partial charge on any atom is -0.258 e. The van der Waals surface area contributed by atoms with Gasteiger partial charge < -0.3 is 0 Å². The van der Waals surface area contributed by atoms with Gasteiger partial charge in [-0.25, -0.2) is 8.42 Å². The van der Waals surface area contributed by atoms with E-state index in [1.807, 2.05) is 0 Å². The van der Waals surface area contributed by atoms with Crippen LogP contribution in [0.3, 0.4) is 0 Å². The van der Waals surface area contributed by atoms with Crippen molar-refractivity contribution in [1.82, 2.24) is 0 Å². The summed E-state index contributed by atoms with van der Waals surface area (Å²) in [6.45, 7) is 0. The molecule has 0 radical (unpaired) electrons. The van der Waals surface area contributed by atoms with Gasteiger partial charge >= 0.3 is 0 Å². The van der Waals surface area contributed by atoms with Crippen molar-refractivity contribution in [2.45, 2.75) is 4.90 Å². The summed E-state index contributed by atoms with van der Waals surface area (Å²) in [6.07, 6.45) is 0. The van der Waals surface area contributed by atoms with Crippen LogP contribution in [0.1, 0.15) is 0 Å². The van der Waals surface area contributed by atoms with Crippen LogP contribution in [-0.4, -0.2) is 25.0 Å². The fourth-order valence-corrected chi connectivity index (χ4v) is 4.06. The quantitative estimate of drug-likeness (QED) is 0.486. The molecule has 1 aromatic rings. The highest BCUT2D eigenvalue weighted by atomic mass is 35.5. The number of hydrogen-bond acceptors (Lipinski definition) is 4. The number of sulfone groups is 1. The van der Waals surface area contributed by atoms with E-state index in [1.54, 1.807) is 0 Å². The molecular weight excluding hydrogens is 313 g/mol. The summed E-state index contributed by atoms with van der Waals surface area (Å²) >= 11 is 16.7. The molecule has 0 saturated heterocycles. The maximum atomic E-state index is 11.7. The van der Waals surface area contributed by atoms with Gasteiger partial charge in [0.15, 0.2) is 9.84 Å². The smallest absolute Gasteiger partial charge is 0.258 e. The van der Waals surface area contributed by atoms with E-state index in [0.717, 1.165) is 12.1 Å². The summed E-state index contributed by atoms with van der Waals surface area (Å²) in [4.78, 5) is 9.47. The highest BCUT2D eigenvalue weighted by Gasteiger charge is 2.24. The lowest BCUT2D eigenvalue weighted by atomic mass is 10.3. The van der Waals surface area contributed by atoms with Gasteiger partial charge in [-0.05, 0) is 0 Å². The van der Waals surface area contributed by atoms with E-state index in [0.29, 0.717) is 0 Å². The number of nitrogens with zero attached hydrogens (tertiary/aromatic N) is 1. The zero-order valence-electron chi connectivity index (χ0n) is 8.19. The first-order chi connectivity index (χ1) is 7.79. The lowest BCUT2D eigenvalue weighted by molar-refractivity contribution is -0.384. The Morgan fingerprint density at radius 1 is 1.24 bits per heavy atom. The van der Waals surface area contributed by atoms with Crippen molar-refractivity contribution in [3.05, 3.63) is 32.3 Å². The van der Waals surface area contributed by atoms with Crippen LogP contribution >= 0.6 is 34.8 Å². The first-order valence-corrected chi connectivity index (χ1v) is 7.16. The molecule has 5 nitrogen and oxygen atoms in total. The third kappa shape index (κ3) is 3.22. The number of benzene rings is 1. The zero-order chi connectivity index (χ0) is 13.2. The van der Waals surface area contributed by atoms with E-state index < -0.39 is 14.8 Å². The Bertz CT molecular complexity index is 535. The molecule has 0 aliphatic heterocycles. The zero-order valence-corrected chi connectivity index (χ0v) is 11.3. The summed E-state index contributed by atoms with van der Waals surface area (Å²) in [5.41, 5.74) is -0.371. The largest absolute Gasteiger partial charge is 0.272 e. The fraction of sp³-hybridized carbons (Fsp3) is 0.250. The van der Waals surface area contributed by atoms with E-state index in [9.17, 15) is 18.5 Å².